The summed E-state index contributed by atoms with van der Waals surface area (Å²) in [6.45, 7) is 3.98. The minimum Gasteiger partial charge on any atom is -0.466 e. The van der Waals surface area contributed by atoms with Gasteiger partial charge in [-0.05, 0) is 13.3 Å². The van der Waals surface area contributed by atoms with Crippen LogP contribution in [0, 0.1) is 0 Å². The molecule has 0 aliphatic heterocycles. The molecule has 0 radical (unpaired) electrons. The normalized spacial score (nSPS) is 8.57. The van der Waals surface area contributed by atoms with Crippen LogP contribution in [-0.2, 0) is 14.3 Å². The van der Waals surface area contributed by atoms with E-state index in [0.717, 1.165) is 20.0 Å². The number of carbonyl (C=O) groups is 2. The van der Waals surface area contributed by atoms with Crippen LogP contribution in [0.1, 0.15) is 39.5 Å². The van der Waals surface area contributed by atoms with Gasteiger partial charge < -0.3 is 14.6 Å². The predicted molar refractivity (Wildman–Crippen MR) is 53.9 cm³/mol. The van der Waals surface area contributed by atoms with Gasteiger partial charge in [0, 0.05) is 13.5 Å². The highest BCUT2D eigenvalue weighted by atomic mass is 16.5. The molecule has 4 nitrogen and oxygen atoms in total. The molecule has 0 spiro atoms. The fraction of sp³-hybridized carbons (Fsp3) is 0.800. The SMILES string of the molecule is CCCCOC(=O)CCC(C)=O.CO. The van der Waals surface area contributed by atoms with E-state index in [2.05, 4.69) is 0 Å². The molecule has 0 aromatic carbocycles. The van der Waals surface area contributed by atoms with Crippen LogP contribution < -0.4 is 0 Å². The van der Waals surface area contributed by atoms with Crippen molar-refractivity contribution in [3.63, 3.8) is 0 Å². The molecule has 0 aromatic heterocycles. The third kappa shape index (κ3) is 13.7. The maximum atomic E-state index is 10.8. The highest BCUT2D eigenvalue weighted by molar-refractivity contribution is 5.80. The van der Waals surface area contributed by atoms with Crippen molar-refractivity contribution in [3.05, 3.63) is 0 Å². The number of aliphatic hydroxyl groups excluding tert-OH is 1. The molecular weight excluding hydrogens is 184 g/mol. The van der Waals surface area contributed by atoms with Crippen LogP contribution in [0.15, 0.2) is 0 Å². The first-order valence-corrected chi connectivity index (χ1v) is 4.76. The van der Waals surface area contributed by atoms with Crippen LogP contribution in [0.5, 0.6) is 0 Å². The van der Waals surface area contributed by atoms with Crippen molar-refractivity contribution in [2.45, 2.75) is 39.5 Å². The first kappa shape index (κ1) is 15.6. The Morgan fingerprint density at radius 3 is 2.21 bits per heavy atom. The summed E-state index contributed by atoms with van der Waals surface area (Å²) in [4.78, 5) is 21.3. The van der Waals surface area contributed by atoms with E-state index in [0.29, 0.717) is 13.0 Å². The Kier molecular flexibility index (Phi) is 13.5. The summed E-state index contributed by atoms with van der Waals surface area (Å²) >= 11 is 0. The molecule has 0 aliphatic carbocycles. The molecule has 0 aliphatic rings. The average molecular weight is 204 g/mol. The van der Waals surface area contributed by atoms with Gasteiger partial charge in [0.05, 0.1) is 13.0 Å². The van der Waals surface area contributed by atoms with Crippen LogP contribution >= 0.6 is 0 Å². The van der Waals surface area contributed by atoms with Gasteiger partial charge in [0.1, 0.15) is 5.78 Å². The Morgan fingerprint density at radius 1 is 1.21 bits per heavy atom. The molecule has 0 saturated carbocycles. The van der Waals surface area contributed by atoms with Crippen molar-refractivity contribution in [2.24, 2.45) is 0 Å². The number of ether oxygens (including phenoxy) is 1. The van der Waals surface area contributed by atoms with Gasteiger partial charge in [-0.2, -0.15) is 0 Å². The van der Waals surface area contributed by atoms with E-state index in [1.54, 1.807) is 0 Å². The molecule has 0 fully saturated rings. The monoisotopic (exact) mass is 204 g/mol. The minimum atomic E-state index is -0.265. The summed E-state index contributed by atoms with van der Waals surface area (Å²) in [5, 5.41) is 7.00. The Morgan fingerprint density at radius 2 is 1.79 bits per heavy atom. The molecule has 0 aromatic rings. The zero-order valence-electron chi connectivity index (χ0n) is 9.21. The van der Waals surface area contributed by atoms with Crippen LogP contribution in [0.3, 0.4) is 0 Å². The number of hydrogen-bond donors (Lipinski definition) is 1. The van der Waals surface area contributed by atoms with Gasteiger partial charge in [-0.25, -0.2) is 0 Å². The maximum Gasteiger partial charge on any atom is 0.306 e. The summed E-state index contributed by atoms with van der Waals surface area (Å²) in [5.41, 5.74) is 0. The maximum absolute atomic E-state index is 10.8. The fourth-order valence-corrected chi connectivity index (χ4v) is 0.681. The van der Waals surface area contributed by atoms with E-state index in [4.69, 9.17) is 9.84 Å². The Hall–Kier alpha value is -0.900. The molecule has 0 rings (SSSR count). The summed E-state index contributed by atoms with van der Waals surface area (Å²) in [5.74, 6) is -0.235. The molecule has 14 heavy (non-hydrogen) atoms. The molecule has 0 atom stereocenters. The van der Waals surface area contributed by atoms with Crippen LogP contribution in [0.4, 0.5) is 0 Å². The number of hydrogen-bond acceptors (Lipinski definition) is 4. The van der Waals surface area contributed by atoms with Crippen molar-refractivity contribution in [2.75, 3.05) is 13.7 Å². The lowest BCUT2D eigenvalue weighted by Gasteiger charge is -2.01. The summed E-state index contributed by atoms with van der Waals surface area (Å²) < 4.78 is 4.84. The quantitative estimate of drug-likeness (QED) is 0.523. The van der Waals surface area contributed by atoms with Crippen molar-refractivity contribution in [3.8, 4) is 0 Å². The third-order valence-corrected chi connectivity index (χ3v) is 1.44. The van der Waals surface area contributed by atoms with Gasteiger partial charge in [-0.1, -0.05) is 13.3 Å². The third-order valence-electron chi connectivity index (χ3n) is 1.44. The lowest BCUT2D eigenvalue weighted by Crippen LogP contribution is -2.07. The second-order valence-electron chi connectivity index (χ2n) is 2.78. The number of esters is 1. The van der Waals surface area contributed by atoms with Crippen molar-refractivity contribution in [1.82, 2.24) is 0 Å². The van der Waals surface area contributed by atoms with Crippen LogP contribution in [0.2, 0.25) is 0 Å². The second kappa shape index (κ2) is 12.1. The first-order chi connectivity index (χ1) is 6.66. The van der Waals surface area contributed by atoms with Gasteiger partial charge in [-0.3, -0.25) is 4.79 Å². The smallest absolute Gasteiger partial charge is 0.306 e. The van der Waals surface area contributed by atoms with Gasteiger partial charge in [0.2, 0.25) is 0 Å². The molecule has 84 valence electrons. The Bertz CT molecular complexity index is 154. The van der Waals surface area contributed by atoms with E-state index in [1.807, 2.05) is 6.92 Å². The van der Waals surface area contributed by atoms with E-state index in [1.165, 1.54) is 6.92 Å². The molecule has 1 N–H and O–H groups in total. The number of Topliss-reactive ketones (excluding diaryl/α,β-unsaturated/α-hetero) is 1. The lowest BCUT2D eigenvalue weighted by molar-refractivity contribution is -0.144. The van der Waals surface area contributed by atoms with E-state index in [9.17, 15) is 9.59 Å². The van der Waals surface area contributed by atoms with E-state index >= 15 is 0 Å². The molecular formula is C10H20O4. The molecule has 0 heterocycles. The average Bonchev–Trinajstić information content (AvgIpc) is 2.18. The topological polar surface area (TPSA) is 63.6 Å². The largest absolute Gasteiger partial charge is 0.466 e. The summed E-state index contributed by atoms with van der Waals surface area (Å²) in [6, 6.07) is 0. The second-order valence-corrected chi connectivity index (χ2v) is 2.78. The van der Waals surface area contributed by atoms with Crippen molar-refractivity contribution >= 4 is 11.8 Å². The predicted octanol–water partition coefficient (Wildman–Crippen LogP) is 1.31. The van der Waals surface area contributed by atoms with Crippen LogP contribution in [0.25, 0.3) is 0 Å². The van der Waals surface area contributed by atoms with Gasteiger partial charge >= 0.3 is 5.97 Å². The highest BCUT2D eigenvalue weighted by Crippen LogP contribution is 1.95. The zero-order chi connectivity index (χ0) is 11.4. The number of aliphatic hydroxyl groups is 1. The number of unbranched alkanes of at least 4 members (excludes halogenated alkanes) is 1. The number of ketones is 1. The highest BCUT2D eigenvalue weighted by Gasteiger charge is 2.03. The van der Waals surface area contributed by atoms with Crippen molar-refractivity contribution < 1.29 is 19.4 Å². The Balaban J connectivity index is 0. The number of rotatable bonds is 6. The molecule has 0 unspecified atom stereocenters. The summed E-state index contributed by atoms with van der Waals surface area (Å²) in [6.07, 6.45) is 2.43. The molecule has 0 bridgehead atoms. The standard InChI is InChI=1S/C9H16O3.CH4O/c1-3-4-7-12-9(11)6-5-8(2)10;1-2/h3-7H2,1-2H3;2H,1H3. The lowest BCUT2D eigenvalue weighted by atomic mass is 10.2. The molecule has 4 heteroatoms. The molecule has 0 amide bonds. The van der Waals surface area contributed by atoms with Gasteiger partial charge in [0.25, 0.3) is 0 Å². The number of carbonyl (C=O) groups excluding carboxylic acids is 2. The van der Waals surface area contributed by atoms with Crippen LogP contribution in [-0.4, -0.2) is 30.6 Å². The van der Waals surface area contributed by atoms with E-state index in [-0.39, 0.29) is 18.2 Å². The van der Waals surface area contributed by atoms with Gasteiger partial charge in [0.15, 0.2) is 0 Å². The Labute approximate surface area is 85.3 Å². The first-order valence-electron chi connectivity index (χ1n) is 4.76. The fourth-order valence-electron chi connectivity index (χ4n) is 0.681. The minimum absolute atomic E-state index is 0.0300. The van der Waals surface area contributed by atoms with E-state index < -0.39 is 0 Å². The van der Waals surface area contributed by atoms with Crippen molar-refractivity contribution in [1.29, 1.82) is 0 Å². The molecule has 0 saturated heterocycles. The zero-order valence-corrected chi connectivity index (χ0v) is 9.21. The summed E-state index contributed by atoms with van der Waals surface area (Å²) in [7, 11) is 1.00. The van der Waals surface area contributed by atoms with Gasteiger partial charge in [-0.15, -0.1) is 0 Å².